The largest absolute Gasteiger partial charge is 0.396 e. The summed E-state index contributed by atoms with van der Waals surface area (Å²) < 4.78 is 0. The summed E-state index contributed by atoms with van der Waals surface area (Å²) in [6.45, 7) is 2.67. The Morgan fingerprint density at radius 1 is 0.346 bits per heavy atom. The van der Waals surface area contributed by atoms with Crippen LogP contribution in [0, 0.1) is 0 Å². The summed E-state index contributed by atoms with van der Waals surface area (Å²) in [5, 5.41) is 8.72. The molecule has 0 fully saturated rings. The van der Waals surface area contributed by atoms with Crippen LogP contribution in [-0.2, 0) is 26.2 Å². The summed E-state index contributed by atoms with van der Waals surface area (Å²) in [4.78, 5) is 0. The van der Waals surface area contributed by atoms with Crippen molar-refractivity contribution < 1.29 is 31.3 Å². The fourth-order valence-electron chi connectivity index (χ4n) is 3.72. The molecule has 0 rings (SSSR count). The Labute approximate surface area is 185 Å². The van der Waals surface area contributed by atoms with E-state index >= 15 is 0 Å². The van der Waals surface area contributed by atoms with E-state index in [1.54, 1.807) is 0 Å². The summed E-state index contributed by atoms with van der Waals surface area (Å²) in [6, 6.07) is 0. The van der Waals surface area contributed by atoms with Crippen molar-refractivity contribution in [3.63, 3.8) is 0 Å². The summed E-state index contributed by atoms with van der Waals surface area (Å²) >= 11 is 0. The van der Waals surface area contributed by atoms with Crippen LogP contribution >= 0.6 is 0 Å². The van der Waals surface area contributed by atoms with E-state index < -0.39 is 0 Å². The smallest absolute Gasteiger partial charge is 0.0431 e. The van der Waals surface area contributed by atoms with Crippen molar-refractivity contribution in [2.24, 2.45) is 0 Å². The number of hydrogen-bond acceptors (Lipinski definition) is 1. The van der Waals surface area contributed by atoms with Gasteiger partial charge < -0.3 is 5.11 Å². The van der Waals surface area contributed by atoms with Crippen LogP contribution in [-0.4, -0.2) is 11.7 Å². The second-order valence-corrected chi connectivity index (χ2v) is 8.15. The maximum absolute atomic E-state index is 8.72. The number of unbranched alkanes of at least 4 members (excludes halogenated alkanes) is 21. The first kappa shape index (κ1) is 29.0. The molecule has 0 aromatic rings. The van der Waals surface area contributed by atoms with Gasteiger partial charge in [0.1, 0.15) is 0 Å². The van der Waals surface area contributed by atoms with Crippen molar-refractivity contribution in [3.8, 4) is 0 Å². The number of aliphatic hydroxyl groups excluding tert-OH is 1. The van der Waals surface area contributed by atoms with E-state index in [4.69, 9.17) is 5.11 Å². The molecule has 0 spiro atoms. The van der Waals surface area contributed by atoms with Gasteiger partial charge in [-0.05, 0) is 6.42 Å². The third-order valence-electron chi connectivity index (χ3n) is 5.51. The van der Waals surface area contributed by atoms with Crippen LogP contribution in [0.25, 0.3) is 0 Å². The monoisotopic (exact) mass is 444 g/mol. The quantitative estimate of drug-likeness (QED) is 0.165. The van der Waals surface area contributed by atoms with Gasteiger partial charge in [0, 0.05) is 32.8 Å². The summed E-state index contributed by atoms with van der Waals surface area (Å²) in [5.41, 5.74) is 0. The molecule has 26 heavy (non-hydrogen) atoms. The molecular formula is C24H50OZr. The minimum atomic E-state index is 0. The van der Waals surface area contributed by atoms with Crippen LogP contribution in [0.4, 0.5) is 0 Å². The second kappa shape index (κ2) is 28.1. The third-order valence-corrected chi connectivity index (χ3v) is 5.51. The van der Waals surface area contributed by atoms with E-state index in [-0.39, 0.29) is 26.2 Å². The molecular weight excluding hydrogens is 395 g/mol. The molecule has 1 N–H and O–H groups in total. The molecule has 0 unspecified atom stereocenters. The number of hydrogen-bond donors (Lipinski definition) is 1. The molecule has 0 aromatic carbocycles. The van der Waals surface area contributed by atoms with Crippen molar-refractivity contribution in [1.29, 1.82) is 0 Å². The predicted octanol–water partition coefficient (Wildman–Crippen LogP) is 8.58. The Morgan fingerprint density at radius 2 is 0.538 bits per heavy atom. The Morgan fingerprint density at radius 3 is 0.731 bits per heavy atom. The van der Waals surface area contributed by atoms with E-state index in [2.05, 4.69) is 6.92 Å². The topological polar surface area (TPSA) is 20.2 Å². The van der Waals surface area contributed by atoms with Gasteiger partial charge in [0.25, 0.3) is 0 Å². The van der Waals surface area contributed by atoms with E-state index in [0.29, 0.717) is 6.61 Å². The Balaban J connectivity index is 0. The number of aliphatic hydroxyl groups is 1. The maximum atomic E-state index is 8.72. The third kappa shape index (κ3) is 27.1. The van der Waals surface area contributed by atoms with E-state index in [1.807, 2.05) is 0 Å². The molecule has 0 bridgehead atoms. The SMILES string of the molecule is CCCCCCCCCCCCCCCCCCCCCCCCO.[Zr]. The van der Waals surface area contributed by atoms with Crippen molar-refractivity contribution >= 4 is 0 Å². The minimum Gasteiger partial charge on any atom is -0.396 e. The average molecular weight is 446 g/mol. The van der Waals surface area contributed by atoms with Gasteiger partial charge in [0.2, 0.25) is 0 Å². The zero-order chi connectivity index (χ0) is 18.3. The molecule has 0 saturated carbocycles. The van der Waals surface area contributed by atoms with Crippen LogP contribution < -0.4 is 0 Å². The number of rotatable bonds is 22. The molecule has 0 atom stereocenters. The predicted molar refractivity (Wildman–Crippen MR) is 114 cm³/mol. The molecule has 156 valence electrons. The minimum absolute atomic E-state index is 0. The fourth-order valence-corrected chi connectivity index (χ4v) is 3.72. The summed E-state index contributed by atoms with van der Waals surface area (Å²) in [7, 11) is 0. The molecule has 0 heterocycles. The first-order valence-electron chi connectivity index (χ1n) is 12.0. The van der Waals surface area contributed by atoms with Gasteiger partial charge in [0.05, 0.1) is 0 Å². The van der Waals surface area contributed by atoms with Crippen molar-refractivity contribution in [1.82, 2.24) is 0 Å². The van der Waals surface area contributed by atoms with E-state index in [9.17, 15) is 0 Å². The van der Waals surface area contributed by atoms with Crippen LogP contribution in [0.1, 0.15) is 148 Å². The molecule has 0 aliphatic heterocycles. The molecule has 0 aliphatic carbocycles. The maximum Gasteiger partial charge on any atom is 0.0431 e. The Kier molecular flexibility index (Phi) is 31.3. The molecule has 0 radical (unpaired) electrons. The van der Waals surface area contributed by atoms with Crippen LogP contribution in [0.15, 0.2) is 0 Å². The second-order valence-electron chi connectivity index (χ2n) is 8.15. The first-order chi connectivity index (χ1) is 12.4. The molecule has 0 saturated heterocycles. The summed E-state index contributed by atoms with van der Waals surface area (Å²) in [6.07, 6.45) is 31.1. The van der Waals surface area contributed by atoms with Gasteiger partial charge in [-0.3, -0.25) is 0 Å². The first-order valence-corrected chi connectivity index (χ1v) is 12.0. The molecule has 2 heteroatoms. The molecule has 0 aliphatic rings. The average Bonchev–Trinajstić information content (AvgIpc) is 2.63. The Bertz CT molecular complexity index is 198. The fraction of sp³-hybridized carbons (Fsp3) is 1.00. The zero-order valence-electron chi connectivity index (χ0n) is 18.2. The van der Waals surface area contributed by atoms with Crippen LogP contribution in [0.2, 0.25) is 0 Å². The standard InChI is InChI=1S/C24H50O.Zr/c1-2-3-4-5-6-7-8-9-10-11-12-13-14-15-16-17-18-19-20-21-22-23-24-25;/h25H,2-24H2,1H3;. The zero-order valence-corrected chi connectivity index (χ0v) is 20.7. The van der Waals surface area contributed by atoms with Gasteiger partial charge in [-0.25, -0.2) is 0 Å². The van der Waals surface area contributed by atoms with Gasteiger partial charge in [-0.2, -0.15) is 0 Å². The normalized spacial score (nSPS) is 10.8. The van der Waals surface area contributed by atoms with Crippen LogP contribution in [0.5, 0.6) is 0 Å². The van der Waals surface area contributed by atoms with Crippen LogP contribution in [0.3, 0.4) is 0 Å². The molecule has 0 aromatic heterocycles. The van der Waals surface area contributed by atoms with Gasteiger partial charge >= 0.3 is 0 Å². The van der Waals surface area contributed by atoms with Crippen molar-refractivity contribution in [2.45, 2.75) is 148 Å². The summed E-state index contributed by atoms with van der Waals surface area (Å²) in [5.74, 6) is 0. The van der Waals surface area contributed by atoms with Crippen molar-refractivity contribution in [2.75, 3.05) is 6.61 Å². The van der Waals surface area contributed by atoms with E-state index in [1.165, 1.54) is 135 Å². The van der Waals surface area contributed by atoms with Crippen molar-refractivity contribution in [3.05, 3.63) is 0 Å². The Hall–Kier alpha value is 0.843. The van der Waals surface area contributed by atoms with E-state index in [0.717, 1.165) is 6.42 Å². The van der Waals surface area contributed by atoms with Gasteiger partial charge in [-0.15, -0.1) is 0 Å². The van der Waals surface area contributed by atoms with Gasteiger partial charge in [-0.1, -0.05) is 142 Å². The molecule has 1 nitrogen and oxygen atoms in total. The molecule has 0 amide bonds. The van der Waals surface area contributed by atoms with Gasteiger partial charge in [0.15, 0.2) is 0 Å².